The quantitative estimate of drug-likeness (QED) is 0.549. The lowest BCUT2D eigenvalue weighted by Crippen LogP contribution is -2.41. The van der Waals surface area contributed by atoms with Crippen LogP contribution in [0.15, 0.2) is 48.9 Å². The predicted molar refractivity (Wildman–Crippen MR) is 138 cm³/mol. The molecule has 1 aliphatic rings. The Labute approximate surface area is 212 Å². The molecule has 4 rings (SSSR count). The Morgan fingerprint density at radius 1 is 1.11 bits per heavy atom. The van der Waals surface area contributed by atoms with Crippen LogP contribution < -0.4 is 5.32 Å². The minimum atomic E-state index is -0.533. The number of carbonyl (C=O) groups excluding carboxylic acids is 2. The van der Waals surface area contributed by atoms with E-state index in [4.69, 9.17) is 4.74 Å². The largest absolute Gasteiger partial charge is 0.444 e. The van der Waals surface area contributed by atoms with Crippen molar-refractivity contribution in [3.8, 4) is 5.69 Å². The van der Waals surface area contributed by atoms with Gasteiger partial charge in [0.25, 0.3) is 5.91 Å². The van der Waals surface area contributed by atoms with Crippen molar-refractivity contribution in [3.63, 3.8) is 0 Å². The molecule has 3 heterocycles. The van der Waals surface area contributed by atoms with Crippen LogP contribution in [-0.4, -0.2) is 50.4 Å². The van der Waals surface area contributed by atoms with Gasteiger partial charge in [0.2, 0.25) is 0 Å². The van der Waals surface area contributed by atoms with Gasteiger partial charge in [0.1, 0.15) is 5.60 Å². The Balaban J connectivity index is 1.60. The molecule has 1 N–H and O–H groups in total. The van der Waals surface area contributed by atoms with Gasteiger partial charge in [-0.1, -0.05) is 23.8 Å². The highest BCUT2D eigenvalue weighted by molar-refractivity contribution is 5.95. The molecule has 1 saturated heterocycles. The van der Waals surface area contributed by atoms with E-state index in [1.54, 1.807) is 23.5 Å². The summed E-state index contributed by atoms with van der Waals surface area (Å²) in [6, 6.07) is 10.0. The van der Waals surface area contributed by atoms with Crippen molar-refractivity contribution in [2.75, 3.05) is 13.1 Å². The topological polar surface area (TPSA) is 89.4 Å². The van der Waals surface area contributed by atoms with Crippen molar-refractivity contribution in [2.45, 2.75) is 65.5 Å². The number of benzene rings is 1. The second kappa shape index (κ2) is 10.5. The lowest BCUT2D eigenvalue weighted by molar-refractivity contribution is 0.0203. The van der Waals surface area contributed by atoms with Crippen molar-refractivity contribution < 1.29 is 14.3 Å². The van der Waals surface area contributed by atoms with Gasteiger partial charge in [-0.05, 0) is 70.7 Å². The van der Waals surface area contributed by atoms with Crippen LogP contribution in [0.3, 0.4) is 0 Å². The maximum Gasteiger partial charge on any atom is 0.410 e. The van der Waals surface area contributed by atoms with E-state index < -0.39 is 5.60 Å². The van der Waals surface area contributed by atoms with Crippen LogP contribution in [-0.2, 0) is 11.3 Å². The molecule has 0 bridgehead atoms. The second-order valence-electron chi connectivity index (χ2n) is 10.4. The summed E-state index contributed by atoms with van der Waals surface area (Å²) in [7, 11) is 0. The van der Waals surface area contributed by atoms with E-state index in [9.17, 15) is 9.59 Å². The number of likely N-dealkylation sites (tertiary alicyclic amines) is 1. The number of hydrogen-bond donors (Lipinski definition) is 1. The summed E-state index contributed by atoms with van der Waals surface area (Å²) in [5.41, 5.74) is 5.06. The van der Waals surface area contributed by atoms with Crippen LogP contribution in [0, 0.1) is 13.8 Å². The minimum Gasteiger partial charge on any atom is -0.444 e. The number of pyridine rings is 1. The summed E-state index contributed by atoms with van der Waals surface area (Å²) in [5, 5.41) is 7.69. The zero-order valence-electron chi connectivity index (χ0n) is 21.7. The fraction of sp³-hybridized carbons (Fsp3) is 0.429. The molecule has 190 valence electrons. The van der Waals surface area contributed by atoms with Crippen LogP contribution in [0.5, 0.6) is 0 Å². The van der Waals surface area contributed by atoms with Crippen molar-refractivity contribution in [1.29, 1.82) is 0 Å². The molecule has 1 aromatic carbocycles. The highest BCUT2D eigenvalue weighted by Crippen LogP contribution is 2.33. The smallest absolute Gasteiger partial charge is 0.410 e. The summed E-state index contributed by atoms with van der Waals surface area (Å²) in [4.78, 5) is 31.8. The van der Waals surface area contributed by atoms with E-state index in [1.165, 1.54) is 5.56 Å². The van der Waals surface area contributed by atoms with E-state index in [1.807, 2.05) is 43.7 Å². The predicted octanol–water partition coefficient (Wildman–Crippen LogP) is 4.93. The van der Waals surface area contributed by atoms with Gasteiger partial charge in [0, 0.05) is 37.9 Å². The first-order valence-corrected chi connectivity index (χ1v) is 12.4. The summed E-state index contributed by atoms with van der Waals surface area (Å²) in [5.74, 6) is -0.0922. The molecule has 0 atom stereocenters. The van der Waals surface area contributed by atoms with Crippen LogP contribution >= 0.6 is 0 Å². The molecule has 0 aliphatic carbocycles. The van der Waals surface area contributed by atoms with Gasteiger partial charge >= 0.3 is 6.09 Å². The molecular formula is C28H35N5O3. The average molecular weight is 490 g/mol. The Hall–Kier alpha value is -3.68. The monoisotopic (exact) mass is 489 g/mol. The first kappa shape index (κ1) is 25.4. The number of nitrogens with zero attached hydrogens (tertiary/aromatic N) is 4. The Kier molecular flexibility index (Phi) is 7.43. The van der Waals surface area contributed by atoms with E-state index in [2.05, 4.69) is 41.4 Å². The van der Waals surface area contributed by atoms with Crippen molar-refractivity contribution in [3.05, 3.63) is 76.9 Å². The fourth-order valence-corrected chi connectivity index (χ4v) is 4.60. The third-order valence-corrected chi connectivity index (χ3v) is 6.34. The molecule has 0 spiro atoms. The summed E-state index contributed by atoms with van der Waals surface area (Å²) in [6.45, 7) is 11.2. The summed E-state index contributed by atoms with van der Waals surface area (Å²) in [6.07, 6.45) is 6.26. The van der Waals surface area contributed by atoms with E-state index in [0.29, 0.717) is 25.2 Å². The molecule has 3 aromatic rings. The molecule has 8 heteroatoms. The number of rotatable bonds is 5. The van der Waals surface area contributed by atoms with Gasteiger partial charge in [-0.2, -0.15) is 5.10 Å². The number of ether oxygens (including phenoxy) is 1. The summed E-state index contributed by atoms with van der Waals surface area (Å²) >= 11 is 0. The molecule has 0 saturated carbocycles. The first-order chi connectivity index (χ1) is 17.1. The van der Waals surface area contributed by atoms with Gasteiger partial charge in [0.15, 0.2) is 0 Å². The van der Waals surface area contributed by atoms with Crippen molar-refractivity contribution >= 4 is 12.0 Å². The number of aromatic nitrogens is 3. The highest BCUT2D eigenvalue weighted by atomic mass is 16.6. The number of hydrogen-bond acceptors (Lipinski definition) is 5. The van der Waals surface area contributed by atoms with E-state index in [-0.39, 0.29) is 17.9 Å². The number of carbonyl (C=O) groups is 2. The van der Waals surface area contributed by atoms with E-state index in [0.717, 1.165) is 35.3 Å². The van der Waals surface area contributed by atoms with Crippen molar-refractivity contribution in [2.24, 2.45) is 0 Å². The molecule has 1 fully saturated rings. The molecule has 2 amide bonds. The Morgan fingerprint density at radius 3 is 2.50 bits per heavy atom. The lowest BCUT2D eigenvalue weighted by atomic mass is 9.90. The van der Waals surface area contributed by atoms with Gasteiger partial charge in [-0.15, -0.1) is 0 Å². The third kappa shape index (κ3) is 5.93. The zero-order chi connectivity index (χ0) is 25.9. The Bertz CT molecular complexity index is 1220. The van der Waals surface area contributed by atoms with Crippen LogP contribution in [0.4, 0.5) is 4.79 Å². The molecule has 0 radical (unpaired) electrons. The molecule has 8 nitrogen and oxygen atoms in total. The molecule has 2 aromatic heterocycles. The summed E-state index contributed by atoms with van der Waals surface area (Å²) < 4.78 is 7.46. The molecular weight excluding hydrogens is 454 g/mol. The zero-order valence-corrected chi connectivity index (χ0v) is 21.7. The van der Waals surface area contributed by atoms with Gasteiger partial charge < -0.3 is 15.0 Å². The van der Waals surface area contributed by atoms with Crippen LogP contribution in [0.25, 0.3) is 5.69 Å². The Morgan fingerprint density at radius 2 is 1.86 bits per heavy atom. The fourth-order valence-electron chi connectivity index (χ4n) is 4.60. The number of nitrogens with one attached hydrogen (secondary N) is 1. The van der Waals surface area contributed by atoms with E-state index >= 15 is 0 Å². The number of amides is 2. The van der Waals surface area contributed by atoms with Crippen molar-refractivity contribution in [1.82, 2.24) is 25.0 Å². The average Bonchev–Trinajstić information content (AvgIpc) is 3.27. The molecule has 0 unspecified atom stereocenters. The SMILES string of the molecule is Cc1ccc(-n2ncc(C(=O)NCc3cccnc3)c2C2CCN(C(=O)OC(C)(C)C)CC2)c(C)c1. The minimum absolute atomic E-state index is 0.0750. The van der Waals surface area contributed by atoms with Gasteiger partial charge in [-0.3, -0.25) is 9.78 Å². The standard InChI is InChI=1S/C28H35N5O3/c1-19-8-9-24(20(2)15-19)33-25(22-10-13-32(14-11-22)27(35)36-28(3,4)5)23(18-31-33)26(34)30-17-21-7-6-12-29-16-21/h6-9,12,15-16,18,22H,10-11,13-14,17H2,1-5H3,(H,30,34). The lowest BCUT2D eigenvalue weighted by Gasteiger charge is -2.34. The van der Waals surface area contributed by atoms with Crippen LogP contribution in [0.1, 0.15) is 72.3 Å². The maximum absolute atomic E-state index is 13.3. The highest BCUT2D eigenvalue weighted by Gasteiger charge is 2.32. The second-order valence-corrected chi connectivity index (χ2v) is 10.4. The maximum atomic E-state index is 13.3. The number of piperidine rings is 1. The normalized spacial score (nSPS) is 14.5. The van der Waals surface area contributed by atoms with Gasteiger partial charge in [0.05, 0.1) is 23.1 Å². The third-order valence-electron chi connectivity index (χ3n) is 6.34. The molecule has 1 aliphatic heterocycles. The molecule has 36 heavy (non-hydrogen) atoms. The van der Waals surface area contributed by atoms with Gasteiger partial charge in [-0.25, -0.2) is 9.48 Å². The first-order valence-electron chi connectivity index (χ1n) is 12.4. The number of aryl methyl sites for hydroxylation is 2. The van der Waals surface area contributed by atoms with Crippen LogP contribution in [0.2, 0.25) is 0 Å².